The van der Waals surface area contributed by atoms with Crippen LogP contribution in [0.4, 0.5) is 5.69 Å². The molecule has 0 unspecified atom stereocenters. The fourth-order valence-electron chi connectivity index (χ4n) is 1.43. The molecule has 0 radical (unpaired) electrons. The normalized spacial score (nSPS) is 11.7. The largest absolute Gasteiger partial charge is 0.329 e. The average molecular weight is 270 g/mol. The van der Waals surface area contributed by atoms with Crippen LogP contribution >= 0.6 is 0 Å². The molecule has 18 heavy (non-hydrogen) atoms. The summed E-state index contributed by atoms with van der Waals surface area (Å²) in [5, 5.41) is 7.80. The van der Waals surface area contributed by atoms with Gasteiger partial charge < -0.3 is 5.73 Å². The third-order valence-corrected chi connectivity index (χ3v) is 3.57. The molecule has 98 valence electrons. The minimum absolute atomic E-state index is 0.0970. The predicted octanol–water partition coefficient (Wildman–Crippen LogP) is -0.624. The molecule has 0 aliphatic carbocycles. The van der Waals surface area contributed by atoms with Crippen molar-refractivity contribution in [2.75, 3.05) is 11.3 Å². The van der Waals surface area contributed by atoms with Crippen molar-refractivity contribution in [1.29, 1.82) is 0 Å². The molecular weight excluding hydrogens is 256 g/mol. The maximum absolute atomic E-state index is 12.0. The van der Waals surface area contributed by atoms with Crippen LogP contribution in [0, 0.1) is 0 Å². The molecule has 0 atom stereocenters. The molecule has 0 saturated carbocycles. The summed E-state index contributed by atoms with van der Waals surface area (Å²) in [6, 6.07) is 0. The Balaban J connectivity index is 2.19. The van der Waals surface area contributed by atoms with Crippen LogP contribution in [0.2, 0.25) is 0 Å². The molecule has 8 nitrogen and oxygen atoms in total. The lowest BCUT2D eigenvalue weighted by atomic mass is 10.6. The first-order valence-electron chi connectivity index (χ1n) is 5.25. The monoisotopic (exact) mass is 270 g/mol. The fourth-order valence-corrected chi connectivity index (χ4v) is 2.41. The number of aryl methyl sites for hydroxylation is 1. The Bertz CT molecular complexity index is 629. The van der Waals surface area contributed by atoms with Gasteiger partial charge in [-0.25, -0.2) is 8.42 Å². The molecule has 0 fully saturated rings. The highest BCUT2D eigenvalue weighted by Gasteiger charge is 2.17. The van der Waals surface area contributed by atoms with E-state index in [1.54, 1.807) is 13.2 Å². The number of rotatable bonds is 5. The summed E-state index contributed by atoms with van der Waals surface area (Å²) >= 11 is 0. The van der Waals surface area contributed by atoms with Gasteiger partial charge in [0.25, 0.3) is 10.0 Å². The Morgan fingerprint density at radius 3 is 2.72 bits per heavy atom. The van der Waals surface area contributed by atoms with Gasteiger partial charge in [0, 0.05) is 26.0 Å². The van der Waals surface area contributed by atoms with Crippen molar-refractivity contribution < 1.29 is 8.42 Å². The summed E-state index contributed by atoms with van der Waals surface area (Å²) < 4.78 is 29.4. The molecule has 0 aromatic carbocycles. The second-order valence-corrected chi connectivity index (χ2v) is 5.42. The number of nitrogens with zero attached hydrogens (tertiary/aromatic N) is 4. The minimum atomic E-state index is -3.62. The molecule has 0 aliphatic rings. The van der Waals surface area contributed by atoms with E-state index in [-0.39, 0.29) is 4.90 Å². The number of sulfonamides is 1. The van der Waals surface area contributed by atoms with E-state index in [1.165, 1.54) is 28.0 Å². The summed E-state index contributed by atoms with van der Waals surface area (Å²) in [4.78, 5) is 0.0970. The van der Waals surface area contributed by atoms with Gasteiger partial charge in [0.05, 0.1) is 24.6 Å². The van der Waals surface area contributed by atoms with E-state index < -0.39 is 10.0 Å². The number of hydrogen-bond donors (Lipinski definition) is 2. The van der Waals surface area contributed by atoms with Crippen LogP contribution in [0.5, 0.6) is 0 Å². The highest BCUT2D eigenvalue weighted by Crippen LogP contribution is 2.14. The van der Waals surface area contributed by atoms with Gasteiger partial charge in [-0.1, -0.05) is 0 Å². The van der Waals surface area contributed by atoms with Gasteiger partial charge in [0.2, 0.25) is 0 Å². The zero-order chi connectivity index (χ0) is 13.2. The molecule has 0 bridgehead atoms. The topological polar surface area (TPSA) is 108 Å². The average Bonchev–Trinajstić information content (AvgIpc) is 2.88. The summed E-state index contributed by atoms with van der Waals surface area (Å²) in [6.07, 6.45) is 5.73. The Morgan fingerprint density at radius 1 is 1.33 bits per heavy atom. The lowest BCUT2D eigenvalue weighted by Crippen LogP contribution is -2.12. The minimum Gasteiger partial charge on any atom is -0.329 e. The van der Waals surface area contributed by atoms with Crippen LogP contribution < -0.4 is 10.5 Å². The molecular formula is C9H14N6O2S. The molecule has 2 rings (SSSR count). The molecule has 9 heteroatoms. The predicted molar refractivity (Wildman–Crippen MR) is 65.3 cm³/mol. The van der Waals surface area contributed by atoms with Gasteiger partial charge in [-0.15, -0.1) is 0 Å². The molecule has 2 aromatic rings. The van der Waals surface area contributed by atoms with Gasteiger partial charge in [-0.05, 0) is 0 Å². The summed E-state index contributed by atoms with van der Waals surface area (Å²) in [5.74, 6) is 0. The number of nitrogens with one attached hydrogen (secondary N) is 1. The highest BCUT2D eigenvalue weighted by atomic mass is 32.2. The van der Waals surface area contributed by atoms with Crippen molar-refractivity contribution in [2.45, 2.75) is 11.4 Å². The first-order valence-corrected chi connectivity index (χ1v) is 6.73. The molecule has 3 N–H and O–H groups in total. The molecule has 0 amide bonds. The lowest BCUT2D eigenvalue weighted by molar-refractivity contribution is 0.599. The second-order valence-electron chi connectivity index (χ2n) is 3.74. The molecule has 0 spiro atoms. The SMILES string of the molecule is Cn1cc(NS(=O)(=O)c2cnn(CCN)c2)cn1. The Hall–Kier alpha value is -1.87. The first-order chi connectivity index (χ1) is 8.51. The van der Waals surface area contributed by atoms with Crippen molar-refractivity contribution in [3.05, 3.63) is 24.8 Å². The fraction of sp³-hybridized carbons (Fsp3) is 0.333. The van der Waals surface area contributed by atoms with Crippen molar-refractivity contribution in [1.82, 2.24) is 19.6 Å². The quantitative estimate of drug-likeness (QED) is 0.752. The summed E-state index contributed by atoms with van der Waals surface area (Å²) in [5.41, 5.74) is 5.77. The van der Waals surface area contributed by atoms with Crippen LogP contribution in [0.25, 0.3) is 0 Å². The molecule has 0 aliphatic heterocycles. The maximum Gasteiger partial charge on any atom is 0.265 e. The van der Waals surface area contributed by atoms with Gasteiger partial charge in [0.15, 0.2) is 0 Å². The van der Waals surface area contributed by atoms with Crippen LogP contribution in [0.15, 0.2) is 29.7 Å². The van der Waals surface area contributed by atoms with Crippen LogP contribution in [0.1, 0.15) is 0 Å². The smallest absolute Gasteiger partial charge is 0.265 e. The van der Waals surface area contributed by atoms with Crippen molar-refractivity contribution in [3.63, 3.8) is 0 Å². The standard InChI is InChI=1S/C9H14N6O2S/c1-14-6-8(4-11-14)13-18(16,17)9-5-12-15(7-9)3-2-10/h4-7,13H,2-3,10H2,1H3. The van der Waals surface area contributed by atoms with Gasteiger partial charge in [-0.3, -0.25) is 14.1 Å². The van der Waals surface area contributed by atoms with E-state index in [4.69, 9.17) is 5.73 Å². The summed E-state index contributed by atoms with van der Waals surface area (Å²) in [7, 11) is -1.92. The first kappa shape index (κ1) is 12.6. The van der Waals surface area contributed by atoms with Gasteiger partial charge in [-0.2, -0.15) is 10.2 Å². The molecule has 0 saturated heterocycles. The zero-order valence-corrected chi connectivity index (χ0v) is 10.6. The zero-order valence-electron chi connectivity index (χ0n) is 9.81. The maximum atomic E-state index is 12.0. The Kier molecular flexibility index (Phi) is 3.34. The second kappa shape index (κ2) is 4.78. The Labute approximate surface area is 104 Å². The molecule has 2 heterocycles. The number of aromatic nitrogens is 4. The van der Waals surface area contributed by atoms with E-state index in [1.807, 2.05) is 0 Å². The number of hydrogen-bond acceptors (Lipinski definition) is 5. The number of anilines is 1. The van der Waals surface area contributed by atoms with Crippen molar-refractivity contribution in [3.8, 4) is 0 Å². The van der Waals surface area contributed by atoms with Crippen LogP contribution in [-0.2, 0) is 23.6 Å². The van der Waals surface area contributed by atoms with E-state index >= 15 is 0 Å². The lowest BCUT2D eigenvalue weighted by Gasteiger charge is -2.02. The van der Waals surface area contributed by atoms with E-state index in [9.17, 15) is 8.42 Å². The van der Waals surface area contributed by atoms with Gasteiger partial charge in [0.1, 0.15) is 4.90 Å². The third-order valence-electron chi connectivity index (χ3n) is 2.24. The van der Waals surface area contributed by atoms with Crippen LogP contribution in [0.3, 0.4) is 0 Å². The molecule has 2 aromatic heterocycles. The van der Waals surface area contributed by atoms with Crippen LogP contribution in [-0.4, -0.2) is 34.5 Å². The summed E-state index contributed by atoms with van der Waals surface area (Å²) in [6.45, 7) is 0.875. The van der Waals surface area contributed by atoms with Crippen molar-refractivity contribution in [2.24, 2.45) is 12.8 Å². The van der Waals surface area contributed by atoms with Crippen molar-refractivity contribution >= 4 is 15.7 Å². The van der Waals surface area contributed by atoms with E-state index in [0.717, 1.165) is 0 Å². The highest BCUT2D eigenvalue weighted by molar-refractivity contribution is 7.92. The Morgan fingerprint density at radius 2 is 2.11 bits per heavy atom. The van der Waals surface area contributed by atoms with E-state index in [2.05, 4.69) is 14.9 Å². The van der Waals surface area contributed by atoms with E-state index in [0.29, 0.717) is 18.8 Å². The number of nitrogens with two attached hydrogens (primary N) is 1. The third kappa shape index (κ3) is 2.68. The van der Waals surface area contributed by atoms with Gasteiger partial charge >= 0.3 is 0 Å².